The van der Waals surface area contributed by atoms with Crippen molar-refractivity contribution in [1.82, 2.24) is 19.9 Å². The third kappa shape index (κ3) is 4.89. The lowest BCUT2D eigenvalue weighted by molar-refractivity contribution is 0.667. The van der Waals surface area contributed by atoms with Gasteiger partial charge in [-0.1, -0.05) is 127 Å². The maximum Gasteiger partial charge on any atom is 0.180 e. The van der Waals surface area contributed by atoms with Crippen molar-refractivity contribution in [2.45, 2.75) is 0 Å². The quantitative estimate of drug-likeness (QED) is 0.179. The molecule has 0 fully saturated rings. The van der Waals surface area contributed by atoms with Gasteiger partial charge in [0.25, 0.3) is 0 Å². The van der Waals surface area contributed by atoms with Crippen molar-refractivity contribution in [3.05, 3.63) is 170 Å². The molecule has 7 aromatic carbocycles. The van der Waals surface area contributed by atoms with Crippen molar-refractivity contribution < 1.29 is 8.83 Å². The predicted octanol–water partition coefficient (Wildman–Crippen LogP) is 12.6. The maximum absolute atomic E-state index is 6.44. The number of benzene rings is 7. The van der Waals surface area contributed by atoms with Crippen molar-refractivity contribution >= 4 is 54.9 Å². The van der Waals surface area contributed by atoms with Gasteiger partial charge in [-0.05, 0) is 53.6 Å². The fourth-order valence-corrected chi connectivity index (χ4v) is 7.56. The number of para-hydroxylation sites is 2. The Balaban J connectivity index is 1.07. The van der Waals surface area contributed by atoms with E-state index in [9.17, 15) is 0 Å². The molecule has 0 bridgehead atoms. The number of fused-ring (bicyclic) bond motifs is 7. The van der Waals surface area contributed by atoms with Gasteiger partial charge < -0.3 is 8.83 Å². The summed E-state index contributed by atoms with van der Waals surface area (Å²) in [5.74, 6) is 1.29. The summed E-state index contributed by atoms with van der Waals surface area (Å²) in [6, 6.07) is 57.5. The van der Waals surface area contributed by atoms with Crippen LogP contribution in [0.25, 0.3) is 111 Å². The second-order valence-electron chi connectivity index (χ2n) is 13.4. The molecule has 0 unspecified atom stereocenters. The number of nitrogens with zero attached hydrogens (tertiary/aromatic N) is 4. The van der Waals surface area contributed by atoms with E-state index in [2.05, 4.69) is 72.8 Å². The van der Waals surface area contributed by atoms with Crippen LogP contribution in [0.1, 0.15) is 0 Å². The van der Waals surface area contributed by atoms with Crippen LogP contribution in [0.5, 0.6) is 0 Å². The zero-order valence-electron chi connectivity index (χ0n) is 28.8. The number of hydrogen-bond acceptors (Lipinski definition) is 6. The highest BCUT2D eigenvalue weighted by molar-refractivity contribution is 6.13. The molecule has 0 saturated heterocycles. The second kappa shape index (κ2) is 12.1. The highest BCUT2D eigenvalue weighted by Crippen LogP contribution is 2.40. The first-order valence-corrected chi connectivity index (χ1v) is 17.9. The molecule has 0 atom stereocenters. The second-order valence-corrected chi connectivity index (χ2v) is 13.4. The van der Waals surface area contributed by atoms with Gasteiger partial charge in [-0.15, -0.1) is 0 Å². The van der Waals surface area contributed by atoms with E-state index in [0.717, 1.165) is 94.1 Å². The molecule has 11 aromatic rings. The van der Waals surface area contributed by atoms with E-state index in [0.29, 0.717) is 17.2 Å². The molecule has 0 aliphatic rings. The number of aromatic nitrogens is 4. The Labute approximate surface area is 309 Å². The lowest BCUT2D eigenvalue weighted by Gasteiger charge is -2.10. The summed E-state index contributed by atoms with van der Waals surface area (Å²) in [5.41, 5.74) is 12.3. The van der Waals surface area contributed by atoms with Crippen LogP contribution in [0.4, 0.5) is 0 Å². The Bertz CT molecular complexity index is 3220. The summed E-state index contributed by atoms with van der Waals surface area (Å²) in [5, 5.41) is 3.95. The monoisotopic (exact) mass is 692 g/mol. The average Bonchev–Trinajstić information content (AvgIpc) is 3.82. The minimum atomic E-state index is 0.634. The Hall–Kier alpha value is -7.44. The summed E-state index contributed by atoms with van der Waals surface area (Å²) in [6.45, 7) is 0. The lowest BCUT2D eigenvalue weighted by Crippen LogP contribution is -1.95. The topological polar surface area (TPSA) is 77.8 Å². The van der Waals surface area contributed by atoms with Crippen LogP contribution < -0.4 is 0 Å². The number of rotatable bonds is 5. The zero-order chi connectivity index (χ0) is 35.6. The van der Waals surface area contributed by atoms with Gasteiger partial charge in [-0.2, -0.15) is 0 Å². The summed E-state index contributed by atoms with van der Waals surface area (Å²) in [6.07, 6.45) is 0. The first-order chi connectivity index (χ1) is 26.7. The average molecular weight is 693 g/mol. The molecule has 0 amide bonds. The van der Waals surface area contributed by atoms with Crippen LogP contribution in [0.2, 0.25) is 0 Å². The van der Waals surface area contributed by atoms with Crippen molar-refractivity contribution in [1.29, 1.82) is 0 Å². The van der Waals surface area contributed by atoms with Crippen LogP contribution in [-0.2, 0) is 0 Å². The Kier molecular flexibility index (Phi) is 6.75. The highest BCUT2D eigenvalue weighted by atomic mass is 16.3. The third-order valence-electron chi connectivity index (χ3n) is 10.1. The van der Waals surface area contributed by atoms with Gasteiger partial charge in [0.2, 0.25) is 0 Å². The normalized spacial score (nSPS) is 11.7. The number of hydrogen-bond donors (Lipinski definition) is 0. The molecule has 4 aromatic heterocycles. The Morgan fingerprint density at radius 3 is 1.83 bits per heavy atom. The third-order valence-corrected chi connectivity index (χ3v) is 10.1. The van der Waals surface area contributed by atoms with Gasteiger partial charge in [0.15, 0.2) is 17.2 Å². The van der Waals surface area contributed by atoms with E-state index in [1.54, 1.807) is 0 Å². The molecule has 4 heterocycles. The van der Waals surface area contributed by atoms with Crippen LogP contribution in [0, 0.1) is 0 Å². The van der Waals surface area contributed by atoms with Gasteiger partial charge in [-0.25, -0.2) is 19.9 Å². The first kappa shape index (κ1) is 30.2. The SMILES string of the molecule is c1ccc(-c2nc(-c3cccc4oc5ccc(-c6cccc(-c7nc(-c8ccccc8)c8oc9ccccc9c8n7)c6)cc5c34)nc3ccccc23)cc1. The zero-order valence-corrected chi connectivity index (χ0v) is 28.8. The minimum absolute atomic E-state index is 0.634. The van der Waals surface area contributed by atoms with Crippen LogP contribution in [0.15, 0.2) is 179 Å². The molecule has 252 valence electrons. The van der Waals surface area contributed by atoms with Crippen molar-refractivity contribution in [2.24, 2.45) is 0 Å². The van der Waals surface area contributed by atoms with Gasteiger partial charge in [0, 0.05) is 43.8 Å². The molecule has 0 radical (unpaired) electrons. The molecule has 0 N–H and O–H groups in total. The molecule has 6 heteroatoms. The first-order valence-electron chi connectivity index (χ1n) is 17.9. The van der Waals surface area contributed by atoms with E-state index in [4.69, 9.17) is 28.8 Å². The van der Waals surface area contributed by atoms with Crippen molar-refractivity contribution in [3.8, 4) is 56.4 Å². The Morgan fingerprint density at radius 1 is 0.352 bits per heavy atom. The van der Waals surface area contributed by atoms with Crippen LogP contribution in [0.3, 0.4) is 0 Å². The molecule has 0 aliphatic carbocycles. The molecular weight excluding hydrogens is 665 g/mol. The lowest BCUT2D eigenvalue weighted by atomic mass is 9.98. The minimum Gasteiger partial charge on any atom is -0.456 e. The molecule has 11 rings (SSSR count). The van der Waals surface area contributed by atoms with Crippen LogP contribution >= 0.6 is 0 Å². The largest absolute Gasteiger partial charge is 0.456 e. The van der Waals surface area contributed by atoms with E-state index in [1.807, 2.05) is 97.1 Å². The molecule has 0 spiro atoms. The van der Waals surface area contributed by atoms with E-state index in [-0.39, 0.29) is 0 Å². The summed E-state index contributed by atoms with van der Waals surface area (Å²) >= 11 is 0. The summed E-state index contributed by atoms with van der Waals surface area (Å²) in [7, 11) is 0. The van der Waals surface area contributed by atoms with Crippen LogP contribution in [-0.4, -0.2) is 19.9 Å². The van der Waals surface area contributed by atoms with E-state index in [1.165, 1.54) is 0 Å². The van der Waals surface area contributed by atoms with E-state index >= 15 is 0 Å². The van der Waals surface area contributed by atoms with Gasteiger partial charge in [-0.3, -0.25) is 0 Å². The molecule has 0 aliphatic heterocycles. The molecule has 0 saturated carbocycles. The van der Waals surface area contributed by atoms with Crippen molar-refractivity contribution in [3.63, 3.8) is 0 Å². The van der Waals surface area contributed by atoms with E-state index < -0.39 is 0 Å². The van der Waals surface area contributed by atoms with Gasteiger partial charge in [0.05, 0.1) is 11.2 Å². The maximum atomic E-state index is 6.44. The fourth-order valence-electron chi connectivity index (χ4n) is 7.56. The highest BCUT2D eigenvalue weighted by Gasteiger charge is 2.20. The molecule has 6 nitrogen and oxygen atoms in total. The van der Waals surface area contributed by atoms with Crippen molar-refractivity contribution in [2.75, 3.05) is 0 Å². The van der Waals surface area contributed by atoms with Gasteiger partial charge in [0.1, 0.15) is 28.0 Å². The smallest absolute Gasteiger partial charge is 0.180 e. The molecular formula is C48H28N4O2. The van der Waals surface area contributed by atoms with Gasteiger partial charge >= 0.3 is 0 Å². The summed E-state index contributed by atoms with van der Waals surface area (Å²) in [4.78, 5) is 20.5. The molecule has 54 heavy (non-hydrogen) atoms. The predicted molar refractivity (Wildman–Crippen MR) is 217 cm³/mol. The standard InChI is InChI=1S/C48H28N4O2/c1-3-13-29(14-4-1)43-34-19-7-9-22-38(34)49-48(50-43)36-21-12-24-41-42(36)37-28-32(25-26-40(37)53-41)31-17-11-18-33(27-31)47-51-44(30-15-5-2-6-16-30)46-45(52-47)35-20-8-10-23-39(35)54-46/h1-28H. The fraction of sp³-hybridized carbons (Fsp3) is 0. The summed E-state index contributed by atoms with van der Waals surface area (Å²) < 4.78 is 12.8. The Morgan fingerprint density at radius 2 is 0.981 bits per heavy atom. The number of furan rings is 2.